The average Bonchev–Trinajstić information content (AvgIpc) is 3.65. The second-order valence-corrected chi connectivity index (χ2v) is 11.0. The number of hydrogen-bond donors (Lipinski definition) is 1. The molecule has 0 radical (unpaired) electrons. The Morgan fingerprint density at radius 3 is 2.68 bits per heavy atom. The van der Waals surface area contributed by atoms with Crippen LogP contribution in [-0.2, 0) is 16.6 Å². The van der Waals surface area contributed by atoms with Crippen molar-refractivity contribution < 1.29 is 12.3 Å². The number of benzene rings is 2. The first-order chi connectivity index (χ1) is 17.8. The zero-order valence-electron chi connectivity index (χ0n) is 20.1. The van der Waals surface area contributed by atoms with Gasteiger partial charge in [-0.3, -0.25) is 9.78 Å². The molecule has 0 aliphatic heterocycles. The van der Waals surface area contributed by atoms with Crippen LogP contribution in [0.5, 0.6) is 0 Å². The van der Waals surface area contributed by atoms with E-state index < -0.39 is 15.1 Å². The Kier molecular flexibility index (Phi) is 5.39. The van der Waals surface area contributed by atoms with E-state index in [9.17, 15) is 22.4 Å². The topological polar surface area (TPSA) is 109 Å². The van der Waals surface area contributed by atoms with Crippen molar-refractivity contribution in [3.63, 3.8) is 0 Å². The molecule has 1 aliphatic carbocycles. The zero-order valence-corrected chi connectivity index (χ0v) is 20.9. The van der Waals surface area contributed by atoms with Crippen LogP contribution in [0.15, 0.2) is 58.5 Å². The summed E-state index contributed by atoms with van der Waals surface area (Å²) in [4.78, 5) is 20.8. The molecule has 0 bridgehead atoms. The van der Waals surface area contributed by atoms with Gasteiger partial charge in [-0.25, -0.2) is 0 Å². The quantitative estimate of drug-likeness (QED) is 0.284. The van der Waals surface area contributed by atoms with Gasteiger partial charge in [-0.05, 0) is 67.1 Å². The number of nitrogens with zero attached hydrogens (tertiary/aromatic N) is 3. The lowest BCUT2D eigenvalue weighted by Crippen LogP contribution is -2.11. The molecule has 0 spiro atoms. The minimum Gasteiger partial charge on any atom is -0.340 e. The van der Waals surface area contributed by atoms with Crippen molar-refractivity contribution in [1.82, 2.24) is 14.5 Å². The van der Waals surface area contributed by atoms with Gasteiger partial charge in [0, 0.05) is 40.3 Å². The number of H-pyrrole nitrogens is 1. The van der Waals surface area contributed by atoms with Crippen molar-refractivity contribution in [3.8, 4) is 17.2 Å². The lowest BCUT2D eigenvalue weighted by molar-refractivity contribution is 0.551. The van der Waals surface area contributed by atoms with Gasteiger partial charge >= 0.3 is 10.2 Å². The molecule has 5 aromatic rings. The first-order valence-corrected chi connectivity index (χ1v) is 13.6. The van der Waals surface area contributed by atoms with Crippen molar-refractivity contribution >= 4 is 43.1 Å². The molecule has 1 fully saturated rings. The highest BCUT2D eigenvalue weighted by molar-refractivity contribution is 7.86. The van der Waals surface area contributed by atoms with Crippen LogP contribution in [0, 0.1) is 11.3 Å². The van der Waals surface area contributed by atoms with Gasteiger partial charge in [-0.1, -0.05) is 19.4 Å². The molecule has 1 saturated carbocycles. The predicted octanol–water partition coefficient (Wildman–Crippen LogP) is 5.91. The summed E-state index contributed by atoms with van der Waals surface area (Å²) in [6.45, 7) is 2.07. The highest BCUT2D eigenvalue weighted by atomic mass is 32.3. The van der Waals surface area contributed by atoms with Crippen LogP contribution in [0.2, 0.25) is 0 Å². The van der Waals surface area contributed by atoms with E-state index in [1.54, 1.807) is 12.1 Å². The van der Waals surface area contributed by atoms with Crippen LogP contribution in [-0.4, -0.2) is 23.0 Å². The smallest absolute Gasteiger partial charge is 0.333 e. The van der Waals surface area contributed by atoms with Gasteiger partial charge in [-0.15, -0.1) is 3.89 Å². The normalized spacial score (nSPS) is 14.0. The van der Waals surface area contributed by atoms with Crippen LogP contribution in [0.25, 0.3) is 44.0 Å². The number of nitriles is 1. The fourth-order valence-electron chi connectivity index (χ4n) is 5.19. The Bertz CT molecular complexity index is 1950. The van der Waals surface area contributed by atoms with E-state index in [-0.39, 0.29) is 11.5 Å². The van der Waals surface area contributed by atoms with E-state index in [0.717, 1.165) is 59.4 Å². The fraction of sp³-hybridized carbons (Fsp3) is 0.250. The number of nitrogens with one attached hydrogen (secondary N) is 1. The van der Waals surface area contributed by atoms with Gasteiger partial charge < -0.3 is 9.55 Å². The highest BCUT2D eigenvalue weighted by Crippen LogP contribution is 2.42. The first-order valence-electron chi connectivity index (χ1n) is 12.3. The number of halogens is 1. The van der Waals surface area contributed by atoms with Crippen LogP contribution < -0.4 is 5.43 Å². The van der Waals surface area contributed by atoms with Crippen molar-refractivity contribution in [2.75, 3.05) is 0 Å². The number of fused-ring (bicyclic) bond motifs is 4. The van der Waals surface area contributed by atoms with Gasteiger partial charge in [0.15, 0.2) is 5.43 Å². The number of hydrogen-bond acceptors (Lipinski definition) is 5. The number of aromatic amines is 1. The molecule has 186 valence electrons. The Balaban J connectivity index is 1.72. The summed E-state index contributed by atoms with van der Waals surface area (Å²) < 4.78 is 39.1. The zero-order chi connectivity index (χ0) is 25.9. The predicted molar refractivity (Wildman–Crippen MR) is 141 cm³/mol. The molecule has 0 unspecified atom stereocenters. The molecule has 9 heteroatoms. The minimum absolute atomic E-state index is 0.0969. The molecule has 3 aromatic heterocycles. The second kappa shape index (κ2) is 8.53. The number of pyridine rings is 2. The maximum Gasteiger partial charge on any atom is 0.333 e. The molecular weight excluding hydrogens is 491 g/mol. The van der Waals surface area contributed by atoms with E-state index in [0.29, 0.717) is 34.0 Å². The Labute approximate surface area is 212 Å². The first kappa shape index (κ1) is 23.4. The average molecular weight is 515 g/mol. The van der Waals surface area contributed by atoms with Crippen LogP contribution in [0.3, 0.4) is 0 Å². The highest BCUT2D eigenvalue weighted by Gasteiger charge is 2.29. The summed E-state index contributed by atoms with van der Waals surface area (Å²) in [7, 11) is -4.92. The van der Waals surface area contributed by atoms with Crippen LogP contribution in [0.1, 0.15) is 49.8 Å². The number of aryl methyl sites for hydroxylation is 1. The van der Waals surface area contributed by atoms with Crippen molar-refractivity contribution in [2.45, 2.75) is 50.0 Å². The maximum atomic E-state index is 13.9. The standard InChI is InChI=1S/C28H23FN4O3S/c1-2-3-4-17-11-23-25(12-22(17)18-10-20(15-31-14-18)37(29,35)36)33(19-6-7-19)28-26(27(23)34)21-8-5-16(13-30)9-24(21)32-28/h5,8-12,14-15,19,32H,2-4,6-7H2,1H3. The Morgan fingerprint density at radius 2 is 1.97 bits per heavy atom. The molecule has 37 heavy (non-hydrogen) atoms. The molecule has 0 amide bonds. The van der Waals surface area contributed by atoms with Gasteiger partial charge in [0.2, 0.25) is 0 Å². The van der Waals surface area contributed by atoms with E-state index in [2.05, 4.69) is 27.5 Å². The van der Waals surface area contributed by atoms with Crippen LogP contribution in [0.4, 0.5) is 3.89 Å². The SMILES string of the molecule is CCCCc1cc2c(=O)c3c4ccc(C#N)cc4[nH]c3n(C3CC3)c2cc1-c1cncc(S(=O)(=O)F)c1. The van der Waals surface area contributed by atoms with Crippen molar-refractivity contribution in [2.24, 2.45) is 0 Å². The molecule has 6 rings (SSSR count). The Morgan fingerprint density at radius 1 is 1.16 bits per heavy atom. The summed E-state index contributed by atoms with van der Waals surface area (Å²) in [5.74, 6) is 0. The van der Waals surface area contributed by atoms with Gasteiger partial charge in [0.25, 0.3) is 0 Å². The molecule has 7 nitrogen and oxygen atoms in total. The number of rotatable bonds is 6. The van der Waals surface area contributed by atoms with E-state index >= 15 is 0 Å². The number of aromatic nitrogens is 3. The molecular formula is C28H23FN4O3S. The third kappa shape index (κ3) is 3.89. The lowest BCUT2D eigenvalue weighted by Gasteiger charge is -2.17. The van der Waals surface area contributed by atoms with Crippen LogP contribution >= 0.6 is 0 Å². The third-order valence-electron chi connectivity index (χ3n) is 7.12. The summed E-state index contributed by atoms with van der Waals surface area (Å²) in [5, 5.41) is 11.3. The minimum atomic E-state index is -4.92. The number of unbranched alkanes of at least 4 members (excludes halogenated alkanes) is 1. The molecule has 0 saturated heterocycles. The Hall–Kier alpha value is -4.03. The monoisotopic (exact) mass is 514 g/mol. The summed E-state index contributed by atoms with van der Waals surface area (Å²) in [5.41, 5.74) is 4.68. The molecule has 2 aromatic carbocycles. The lowest BCUT2D eigenvalue weighted by atomic mass is 9.94. The van der Waals surface area contributed by atoms with E-state index in [1.165, 1.54) is 12.3 Å². The third-order valence-corrected chi connectivity index (χ3v) is 7.91. The van der Waals surface area contributed by atoms with Gasteiger partial charge in [-0.2, -0.15) is 13.7 Å². The molecule has 0 atom stereocenters. The second-order valence-electron chi connectivity index (χ2n) is 9.63. The summed E-state index contributed by atoms with van der Waals surface area (Å²) in [6, 6.07) is 12.8. The van der Waals surface area contributed by atoms with E-state index in [4.69, 9.17) is 0 Å². The van der Waals surface area contributed by atoms with Crippen molar-refractivity contribution in [3.05, 3.63) is 70.1 Å². The van der Waals surface area contributed by atoms with Gasteiger partial charge in [0.1, 0.15) is 10.5 Å². The molecule has 3 heterocycles. The van der Waals surface area contributed by atoms with Crippen molar-refractivity contribution in [1.29, 1.82) is 5.26 Å². The largest absolute Gasteiger partial charge is 0.340 e. The summed E-state index contributed by atoms with van der Waals surface area (Å²) in [6.07, 6.45) is 6.94. The van der Waals surface area contributed by atoms with E-state index in [1.807, 2.05) is 18.2 Å². The fourth-order valence-corrected chi connectivity index (χ4v) is 5.64. The molecule has 1 N–H and O–H groups in total. The summed E-state index contributed by atoms with van der Waals surface area (Å²) >= 11 is 0. The molecule has 1 aliphatic rings. The van der Waals surface area contributed by atoms with Gasteiger partial charge in [0.05, 0.1) is 22.5 Å². The maximum absolute atomic E-state index is 13.9.